The number of carbonyl (C=O) groups is 2. The first-order chi connectivity index (χ1) is 12.3. The number of benzene rings is 2. The summed E-state index contributed by atoms with van der Waals surface area (Å²) in [5, 5.41) is 8.76. The number of ketones is 1. The molecule has 2 aromatic rings. The highest BCUT2D eigenvalue weighted by Gasteiger charge is 2.15. The molecule has 0 heterocycles. The van der Waals surface area contributed by atoms with Crippen molar-refractivity contribution in [1.29, 1.82) is 5.26 Å². The standard InChI is InChI=1S/C22H21NO3/c1-14-11-20(17(4)16(3)15(14)2)21(24)13-26-22(25)10-9-18-5-7-19(12-23)8-6-18/h5-11H,13H2,1-4H3/b10-9+. The summed E-state index contributed by atoms with van der Waals surface area (Å²) in [6.07, 6.45) is 2.85. The molecule has 0 fully saturated rings. The SMILES string of the molecule is Cc1cc(C(=O)COC(=O)/C=C/c2ccc(C#N)cc2)c(C)c(C)c1C. The van der Waals surface area contributed by atoms with Gasteiger partial charge in [-0.2, -0.15) is 5.26 Å². The number of nitriles is 1. The van der Waals surface area contributed by atoms with Crippen LogP contribution in [0.4, 0.5) is 0 Å². The molecule has 0 atom stereocenters. The lowest BCUT2D eigenvalue weighted by Gasteiger charge is -2.13. The van der Waals surface area contributed by atoms with Crippen molar-refractivity contribution in [3.63, 3.8) is 0 Å². The average molecular weight is 347 g/mol. The summed E-state index contributed by atoms with van der Waals surface area (Å²) in [6.45, 7) is 7.59. The minimum atomic E-state index is -0.582. The Hall–Kier alpha value is -3.19. The number of aryl methyl sites for hydroxylation is 1. The molecule has 0 unspecified atom stereocenters. The topological polar surface area (TPSA) is 67.2 Å². The Balaban J connectivity index is 2.00. The van der Waals surface area contributed by atoms with E-state index < -0.39 is 5.97 Å². The van der Waals surface area contributed by atoms with Gasteiger partial charge in [0, 0.05) is 11.6 Å². The molecule has 4 nitrogen and oxygen atoms in total. The van der Waals surface area contributed by atoms with Crippen molar-refractivity contribution in [1.82, 2.24) is 0 Å². The van der Waals surface area contributed by atoms with Gasteiger partial charge in [0.05, 0.1) is 11.6 Å². The third kappa shape index (κ3) is 4.46. The van der Waals surface area contributed by atoms with Crippen LogP contribution in [0.1, 0.15) is 43.7 Å². The molecule has 0 amide bonds. The van der Waals surface area contributed by atoms with Gasteiger partial charge in [-0.1, -0.05) is 12.1 Å². The molecular weight excluding hydrogens is 326 g/mol. The fourth-order valence-electron chi connectivity index (χ4n) is 2.60. The van der Waals surface area contributed by atoms with E-state index in [1.807, 2.05) is 39.8 Å². The highest BCUT2D eigenvalue weighted by molar-refractivity contribution is 6.00. The van der Waals surface area contributed by atoms with E-state index in [-0.39, 0.29) is 12.4 Å². The lowest BCUT2D eigenvalue weighted by atomic mass is 9.93. The van der Waals surface area contributed by atoms with E-state index in [1.165, 1.54) is 11.6 Å². The molecular formula is C22H21NO3. The van der Waals surface area contributed by atoms with E-state index >= 15 is 0 Å². The van der Waals surface area contributed by atoms with Crippen LogP contribution in [0.3, 0.4) is 0 Å². The lowest BCUT2D eigenvalue weighted by Crippen LogP contribution is -2.15. The smallest absolute Gasteiger partial charge is 0.331 e. The zero-order valence-electron chi connectivity index (χ0n) is 15.4. The van der Waals surface area contributed by atoms with Crippen LogP contribution in [-0.2, 0) is 9.53 Å². The molecule has 2 rings (SSSR count). The third-order valence-corrected chi connectivity index (χ3v) is 4.58. The first-order valence-electron chi connectivity index (χ1n) is 8.29. The number of nitrogens with zero attached hydrogens (tertiary/aromatic N) is 1. The Labute approximate surface area is 153 Å². The monoisotopic (exact) mass is 347 g/mol. The zero-order chi connectivity index (χ0) is 19.3. The van der Waals surface area contributed by atoms with Crippen LogP contribution in [0.5, 0.6) is 0 Å². The quantitative estimate of drug-likeness (QED) is 0.461. The minimum absolute atomic E-state index is 0.214. The van der Waals surface area contributed by atoms with Crippen molar-refractivity contribution in [2.24, 2.45) is 0 Å². The van der Waals surface area contributed by atoms with E-state index in [1.54, 1.807) is 30.3 Å². The first kappa shape index (κ1) is 19.1. The number of ether oxygens (including phenoxy) is 1. The maximum atomic E-state index is 12.4. The summed E-state index contributed by atoms with van der Waals surface area (Å²) in [7, 11) is 0. The molecule has 0 aromatic heterocycles. The molecule has 2 aromatic carbocycles. The maximum Gasteiger partial charge on any atom is 0.331 e. The maximum absolute atomic E-state index is 12.4. The van der Waals surface area contributed by atoms with E-state index in [0.717, 1.165) is 22.3 Å². The van der Waals surface area contributed by atoms with Gasteiger partial charge in [-0.05, 0) is 79.8 Å². The van der Waals surface area contributed by atoms with Crippen LogP contribution >= 0.6 is 0 Å². The van der Waals surface area contributed by atoms with Gasteiger partial charge in [0.1, 0.15) is 0 Å². The molecule has 26 heavy (non-hydrogen) atoms. The third-order valence-electron chi connectivity index (χ3n) is 4.58. The van der Waals surface area contributed by atoms with Crippen LogP contribution in [0, 0.1) is 39.0 Å². The van der Waals surface area contributed by atoms with Crippen LogP contribution in [-0.4, -0.2) is 18.4 Å². The predicted octanol–water partition coefficient (Wildman–Crippen LogP) is 4.23. The molecule has 0 radical (unpaired) electrons. The summed E-state index contributed by atoms with van der Waals surface area (Å²) >= 11 is 0. The number of Topliss-reactive ketones (excluding diaryl/α,β-unsaturated/α-hetero) is 1. The van der Waals surface area contributed by atoms with Gasteiger partial charge in [0.15, 0.2) is 6.61 Å². The highest BCUT2D eigenvalue weighted by atomic mass is 16.5. The van der Waals surface area contributed by atoms with E-state index in [4.69, 9.17) is 10.00 Å². The van der Waals surface area contributed by atoms with Gasteiger partial charge in [-0.3, -0.25) is 4.79 Å². The molecule has 0 aliphatic carbocycles. The number of carbonyl (C=O) groups excluding carboxylic acids is 2. The second-order valence-corrected chi connectivity index (χ2v) is 6.21. The second kappa shape index (κ2) is 8.26. The molecule has 0 aliphatic rings. The summed E-state index contributed by atoms with van der Waals surface area (Å²) < 4.78 is 5.06. The van der Waals surface area contributed by atoms with Crippen molar-refractivity contribution < 1.29 is 14.3 Å². The van der Waals surface area contributed by atoms with E-state index in [2.05, 4.69) is 0 Å². The van der Waals surface area contributed by atoms with Crippen LogP contribution in [0.25, 0.3) is 6.08 Å². The fraction of sp³-hybridized carbons (Fsp3) is 0.227. The number of rotatable bonds is 5. The Kier molecular flexibility index (Phi) is 6.08. The Morgan fingerprint density at radius 3 is 2.31 bits per heavy atom. The number of esters is 1. The van der Waals surface area contributed by atoms with Crippen LogP contribution in [0.2, 0.25) is 0 Å². The summed E-state index contributed by atoms with van der Waals surface area (Å²) in [5.74, 6) is -0.797. The summed E-state index contributed by atoms with van der Waals surface area (Å²) in [4.78, 5) is 24.2. The molecule has 0 spiro atoms. The molecule has 0 saturated carbocycles. The zero-order valence-corrected chi connectivity index (χ0v) is 15.4. The van der Waals surface area contributed by atoms with Gasteiger partial charge < -0.3 is 4.74 Å². The van der Waals surface area contributed by atoms with Crippen molar-refractivity contribution in [3.05, 3.63) is 75.4 Å². The van der Waals surface area contributed by atoms with Crippen molar-refractivity contribution in [3.8, 4) is 6.07 Å². The normalized spacial score (nSPS) is 10.6. The van der Waals surface area contributed by atoms with Crippen molar-refractivity contribution in [2.75, 3.05) is 6.61 Å². The van der Waals surface area contributed by atoms with Crippen LogP contribution in [0.15, 0.2) is 36.4 Å². The fourth-order valence-corrected chi connectivity index (χ4v) is 2.60. The van der Waals surface area contributed by atoms with Crippen LogP contribution < -0.4 is 0 Å². The van der Waals surface area contributed by atoms with Gasteiger partial charge >= 0.3 is 5.97 Å². The summed E-state index contributed by atoms with van der Waals surface area (Å²) in [6, 6.07) is 10.7. The Bertz CT molecular complexity index is 916. The average Bonchev–Trinajstić information content (AvgIpc) is 2.65. The molecule has 132 valence electrons. The molecule has 0 aliphatic heterocycles. The van der Waals surface area contributed by atoms with E-state index in [9.17, 15) is 9.59 Å². The largest absolute Gasteiger partial charge is 0.454 e. The highest BCUT2D eigenvalue weighted by Crippen LogP contribution is 2.21. The second-order valence-electron chi connectivity index (χ2n) is 6.21. The lowest BCUT2D eigenvalue weighted by molar-refractivity contribution is -0.136. The number of hydrogen-bond acceptors (Lipinski definition) is 4. The minimum Gasteiger partial charge on any atom is -0.454 e. The molecule has 0 N–H and O–H groups in total. The molecule has 0 saturated heterocycles. The molecule has 4 heteroatoms. The van der Waals surface area contributed by atoms with Gasteiger partial charge in [-0.25, -0.2) is 4.79 Å². The van der Waals surface area contributed by atoms with Gasteiger partial charge in [0.2, 0.25) is 5.78 Å². The summed E-state index contributed by atoms with van der Waals surface area (Å²) in [5.41, 5.74) is 6.13. The van der Waals surface area contributed by atoms with Crippen molar-refractivity contribution >= 4 is 17.8 Å². The van der Waals surface area contributed by atoms with E-state index in [0.29, 0.717) is 11.1 Å². The van der Waals surface area contributed by atoms with Gasteiger partial charge in [-0.15, -0.1) is 0 Å². The van der Waals surface area contributed by atoms with Gasteiger partial charge in [0.25, 0.3) is 0 Å². The van der Waals surface area contributed by atoms with Crippen molar-refractivity contribution in [2.45, 2.75) is 27.7 Å². The first-order valence-corrected chi connectivity index (χ1v) is 8.29. The Morgan fingerprint density at radius 1 is 1.04 bits per heavy atom. The molecule has 0 bridgehead atoms. The predicted molar refractivity (Wildman–Crippen MR) is 101 cm³/mol. The number of hydrogen-bond donors (Lipinski definition) is 0. The Morgan fingerprint density at radius 2 is 1.69 bits per heavy atom.